The number of ether oxygens (including phenoxy) is 2. The van der Waals surface area contributed by atoms with Crippen molar-refractivity contribution in [1.29, 1.82) is 0 Å². The Hall–Kier alpha value is -4.19. The van der Waals surface area contributed by atoms with Crippen molar-refractivity contribution in [3.05, 3.63) is 107 Å². The van der Waals surface area contributed by atoms with E-state index in [0.29, 0.717) is 17.9 Å². The molecule has 3 aromatic rings. The summed E-state index contributed by atoms with van der Waals surface area (Å²) in [5, 5.41) is 2.90. The molecule has 190 valence electrons. The van der Waals surface area contributed by atoms with Crippen LogP contribution in [0.25, 0.3) is 11.1 Å². The lowest BCUT2D eigenvalue weighted by Crippen LogP contribution is -2.23. The first-order valence-electron chi connectivity index (χ1n) is 12.4. The molecular formula is C31H31NO5. The van der Waals surface area contributed by atoms with Crippen LogP contribution in [0.2, 0.25) is 0 Å². The van der Waals surface area contributed by atoms with Gasteiger partial charge in [0.15, 0.2) is 0 Å². The summed E-state index contributed by atoms with van der Waals surface area (Å²) in [6.45, 7) is 3.95. The SMILES string of the molecule is CCOC(=O)C1(c2ccc(-c3ccc(C(=O)C(C(=O)OCc4ccccc4)=C(C)NC)cc3)cc2)CC1. The lowest BCUT2D eigenvalue weighted by Gasteiger charge is -2.15. The normalized spacial score (nSPS) is 14.2. The predicted octanol–water partition coefficient (Wildman–Crippen LogP) is 5.37. The molecule has 1 saturated carbocycles. The summed E-state index contributed by atoms with van der Waals surface area (Å²) < 4.78 is 10.7. The van der Waals surface area contributed by atoms with Crippen molar-refractivity contribution in [2.45, 2.75) is 38.7 Å². The Bertz CT molecular complexity index is 1300. The van der Waals surface area contributed by atoms with E-state index >= 15 is 0 Å². The summed E-state index contributed by atoms with van der Waals surface area (Å²) in [7, 11) is 1.66. The van der Waals surface area contributed by atoms with Crippen LogP contribution in [0, 0.1) is 0 Å². The zero-order valence-electron chi connectivity index (χ0n) is 21.4. The second kappa shape index (κ2) is 11.2. The first kappa shape index (κ1) is 25.9. The maximum absolute atomic E-state index is 13.3. The van der Waals surface area contributed by atoms with E-state index < -0.39 is 17.2 Å². The van der Waals surface area contributed by atoms with Gasteiger partial charge in [-0.3, -0.25) is 9.59 Å². The predicted molar refractivity (Wildman–Crippen MR) is 142 cm³/mol. The molecule has 1 aliphatic rings. The van der Waals surface area contributed by atoms with Crippen LogP contribution in [0.4, 0.5) is 0 Å². The van der Waals surface area contributed by atoms with Gasteiger partial charge in [0.25, 0.3) is 0 Å². The summed E-state index contributed by atoms with van der Waals surface area (Å²) in [4.78, 5) is 38.5. The molecule has 4 rings (SSSR count). The van der Waals surface area contributed by atoms with E-state index in [4.69, 9.17) is 9.47 Å². The number of hydrogen-bond donors (Lipinski definition) is 1. The summed E-state index contributed by atoms with van der Waals surface area (Å²) in [5.41, 5.74) is 4.00. The van der Waals surface area contributed by atoms with Crippen molar-refractivity contribution in [2.24, 2.45) is 0 Å². The van der Waals surface area contributed by atoms with Crippen LogP contribution in [0.5, 0.6) is 0 Å². The molecule has 1 N–H and O–H groups in total. The van der Waals surface area contributed by atoms with Crippen molar-refractivity contribution in [3.63, 3.8) is 0 Å². The molecule has 0 unspecified atom stereocenters. The monoisotopic (exact) mass is 497 g/mol. The smallest absolute Gasteiger partial charge is 0.344 e. The van der Waals surface area contributed by atoms with Crippen molar-refractivity contribution < 1.29 is 23.9 Å². The van der Waals surface area contributed by atoms with Gasteiger partial charge in [-0.1, -0.05) is 78.9 Å². The van der Waals surface area contributed by atoms with Crippen LogP contribution in [-0.2, 0) is 31.1 Å². The zero-order valence-corrected chi connectivity index (χ0v) is 21.4. The van der Waals surface area contributed by atoms with Crippen LogP contribution in [-0.4, -0.2) is 31.4 Å². The number of Topliss-reactive ketones (excluding diaryl/α,β-unsaturated/α-hetero) is 1. The van der Waals surface area contributed by atoms with Gasteiger partial charge in [0.2, 0.25) is 5.78 Å². The average Bonchev–Trinajstić information content (AvgIpc) is 3.75. The Morgan fingerprint density at radius 2 is 1.43 bits per heavy atom. The molecule has 1 aliphatic carbocycles. The Morgan fingerprint density at radius 3 is 1.97 bits per heavy atom. The molecule has 6 heteroatoms. The zero-order chi connectivity index (χ0) is 26.4. The van der Waals surface area contributed by atoms with Crippen molar-refractivity contribution in [3.8, 4) is 11.1 Å². The lowest BCUT2D eigenvalue weighted by molar-refractivity contribution is -0.146. The fraction of sp³-hybridized carbons (Fsp3) is 0.258. The Labute approximate surface area is 217 Å². The highest BCUT2D eigenvalue weighted by molar-refractivity contribution is 6.24. The number of ketones is 1. The molecule has 0 spiro atoms. The molecular weight excluding hydrogens is 466 g/mol. The van der Waals surface area contributed by atoms with E-state index in [-0.39, 0.29) is 18.1 Å². The van der Waals surface area contributed by atoms with E-state index in [1.807, 2.05) is 73.7 Å². The molecule has 0 aliphatic heterocycles. The molecule has 6 nitrogen and oxygen atoms in total. The van der Waals surface area contributed by atoms with Crippen molar-refractivity contribution in [1.82, 2.24) is 5.32 Å². The van der Waals surface area contributed by atoms with E-state index in [1.165, 1.54) is 0 Å². The summed E-state index contributed by atoms with van der Waals surface area (Å²) in [6, 6.07) is 24.3. The summed E-state index contributed by atoms with van der Waals surface area (Å²) in [6.07, 6.45) is 1.61. The fourth-order valence-electron chi connectivity index (χ4n) is 4.28. The van der Waals surface area contributed by atoms with Gasteiger partial charge >= 0.3 is 11.9 Å². The number of hydrogen-bond acceptors (Lipinski definition) is 6. The third-order valence-electron chi connectivity index (χ3n) is 6.73. The molecule has 0 bridgehead atoms. The van der Waals surface area contributed by atoms with E-state index in [9.17, 15) is 14.4 Å². The standard InChI is InChI=1S/C31H31NO5/c1-4-36-30(35)31(18-19-31)26-16-14-24(15-17-26)23-10-12-25(13-11-23)28(33)27(21(2)32-3)29(34)37-20-22-8-6-5-7-9-22/h5-17,32H,4,18-20H2,1-3H3. The Kier molecular flexibility index (Phi) is 7.87. The molecule has 3 aromatic carbocycles. The van der Waals surface area contributed by atoms with E-state index in [0.717, 1.165) is 35.1 Å². The van der Waals surface area contributed by atoms with E-state index in [1.54, 1.807) is 26.1 Å². The van der Waals surface area contributed by atoms with Gasteiger partial charge in [0.1, 0.15) is 12.2 Å². The van der Waals surface area contributed by atoms with Gasteiger partial charge in [-0.05, 0) is 48.9 Å². The minimum Gasteiger partial charge on any atom is -0.465 e. The van der Waals surface area contributed by atoms with Gasteiger partial charge in [-0.25, -0.2) is 4.79 Å². The number of carbonyl (C=O) groups excluding carboxylic acids is 3. The molecule has 1 fully saturated rings. The largest absolute Gasteiger partial charge is 0.465 e. The Morgan fingerprint density at radius 1 is 0.838 bits per heavy atom. The highest BCUT2D eigenvalue weighted by Gasteiger charge is 2.52. The minimum atomic E-state index is -0.670. The van der Waals surface area contributed by atoms with Crippen LogP contribution in [0.15, 0.2) is 90.1 Å². The molecule has 0 amide bonds. The average molecular weight is 498 g/mol. The maximum Gasteiger partial charge on any atom is 0.344 e. The first-order valence-corrected chi connectivity index (χ1v) is 12.4. The molecule has 37 heavy (non-hydrogen) atoms. The topological polar surface area (TPSA) is 81.7 Å². The number of carbonyl (C=O) groups is 3. The molecule has 0 saturated heterocycles. The van der Waals surface area contributed by atoms with Gasteiger partial charge < -0.3 is 14.8 Å². The number of esters is 2. The highest BCUT2D eigenvalue weighted by Crippen LogP contribution is 2.49. The first-order chi connectivity index (χ1) is 17.9. The third-order valence-corrected chi connectivity index (χ3v) is 6.73. The second-order valence-electron chi connectivity index (χ2n) is 9.10. The van der Waals surface area contributed by atoms with Crippen molar-refractivity contribution >= 4 is 17.7 Å². The molecule has 0 aromatic heterocycles. The second-order valence-corrected chi connectivity index (χ2v) is 9.10. The number of allylic oxidation sites excluding steroid dienone is 1. The molecule has 0 radical (unpaired) electrons. The van der Waals surface area contributed by atoms with Crippen LogP contribution >= 0.6 is 0 Å². The van der Waals surface area contributed by atoms with Gasteiger partial charge in [0, 0.05) is 18.3 Å². The number of nitrogens with one attached hydrogen (secondary N) is 1. The quantitative estimate of drug-likeness (QED) is 0.133. The lowest BCUT2D eigenvalue weighted by atomic mass is 9.93. The highest BCUT2D eigenvalue weighted by atomic mass is 16.5. The number of rotatable bonds is 10. The molecule has 0 heterocycles. The van der Waals surface area contributed by atoms with Gasteiger partial charge in [-0.2, -0.15) is 0 Å². The van der Waals surface area contributed by atoms with Gasteiger partial charge in [-0.15, -0.1) is 0 Å². The van der Waals surface area contributed by atoms with Crippen molar-refractivity contribution in [2.75, 3.05) is 13.7 Å². The summed E-state index contributed by atoms with van der Waals surface area (Å²) >= 11 is 0. The fourth-order valence-corrected chi connectivity index (χ4v) is 4.28. The number of benzene rings is 3. The maximum atomic E-state index is 13.3. The molecule has 0 atom stereocenters. The van der Waals surface area contributed by atoms with E-state index in [2.05, 4.69) is 5.32 Å². The van der Waals surface area contributed by atoms with Gasteiger partial charge in [0.05, 0.1) is 12.0 Å². The van der Waals surface area contributed by atoms with Crippen LogP contribution in [0.1, 0.15) is 48.2 Å². The minimum absolute atomic E-state index is 0.0239. The Balaban J connectivity index is 1.48. The summed E-state index contributed by atoms with van der Waals surface area (Å²) in [5.74, 6) is -1.23. The third kappa shape index (κ3) is 5.64. The van der Waals surface area contributed by atoms with Crippen LogP contribution < -0.4 is 5.32 Å². The van der Waals surface area contributed by atoms with Crippen LogP contribution in [0.3, 0.4) is 0 Å².